The second-order valence-corrected chi connectivity index (χ2v) is 8.81. The Labute approximate surface area is 233 Å². The highest BCUT2D eigenvalue weighted by atomic mass is 19.4. The van der Waals surface area contributed by atoms with E-state index in [-0.39, 0.29) is 6.92 Å². The van der Waals surface area contributed by atoms with Crippen LogP contribution in [0.2, 0.25) is 0 Å². The molecule has 0 radical (unpaired) electrons. The zero-order valence-electron chi connectivity index (χ0n) is 20.6. The summed E-state index contributed by atoms with van der Waals surface area (Å²) in [5.74, 6) is -34.3. The molecule has 44 heavy (non-hydrogen) atoms. The van der Waals surface area contributed by atoms with Crippen LogP contribution >= 0.6 is 0 Å². The van der Waals surface area contributed by atoms with Gasteiger partial charge in [-0.15, -0.1) is 0 Å². The third-order valence-electron chi connectivity index (χ3n) is 6.08. The fourth-order valence-electron chi connectivity index (χ4n) is 4.09. The van der Waals surface area contributed by atoms with Crippen molar-refractivity contribution in [3.05, 3.63) is 104 Å². The van der Waals surface area contributed by atoms with Gasteiger partial charge in [-0.2, -0.15) is 26.3 Å². The van der Waals surface area contributed by atoms with E-state index in [0.29, 0.717) is 0 Å². The second kappa shape index (κ2) is 11.7. The van der Waals surface area contributed by atoms with E-state index >= 15 is 17.6 Å². The van der Waals surface area contributed by atoms with Crippen molar-refractivity contribution < 1.29 is 90.0 Å². The van der Waals surface area contributed by atoms with Crippen LogP contribution in [0.5, 0.6) is 0 Å². The summed E-state index contributed by atoms with van der Waals surface area (Å²) < 4.78 is 227. The van der Waals surface area contributed by atoms with Gasteiger partial charge in [0.15, 0.2) is 46.5 Å². The van der Waals surface area contributed by atoms with Crippen molar-refractivity contribution in [2.45, 2.75) is 30.8 Å². The van der Waals surface area contributed by atoms with E-state index < -0.39 is 135 Å². The molecule has 240 valence electrons. The number of rotatable bonds is 7. The Balaban J connectivity index is 2.70. The third kappa shape index (κ3) is 6.04. The first kappa shape index (κ1) is 34.9. The normalized spacial score (nSPS) is 13.9. The molecule has 3 aromatic carbocycles. The van der Waals surface area contributed by atoms with Gasteiger partial charge in [0.1, 0.15) is 5.60 Å². The summed E-state index contributed by atoms with van der Waals surface area (Å²) in [4.78, 5) is 8.14. The lowest BCUT2D eigenvalue weighted by Gasteiger charge is -2.38. The van der Waals surface area contributed by atoms with Crippen molar-refractivity contribution >= 4 is 7.32 Å². The second-order valence-electron chi connectivity index (χ2n) is 8.81. The summed E-state index contributed by atoms with van der Waals surface area (Å²) in [7, 11) is -3.32. The molecule has 1 atom stereocenters. The van der Waals surface area contributed by atoms with Crippen molar-refractivity contribution in [2.24, 2.45) is 0 Å². The van der Waals surface area contributed by atoms with E-state index in [1.807, 2.05) is 0 Å². The molecule has 3 aromatic rings. The van der Waals surface area contributed by atoms with Gasteiger partial charge in [-0.25, -0.2) is 53.6 Å². The van der Waals surface area contributed by atoms with Crippen LogP contribution in [0.3, 0.4) is 0 Å². The van der Waals surface area contributed by atoms with Crippen molar-refractivity contribution in [1.82, 2.24) is 0 Å². The lowest BCUT2D eigenvalue weighted by molar-refractivity contribution is -0.318. The predicted octanol–water partition coefficient (Wildman–Crippen LogP) is 7.08. The molecule has 4 nitrogen and oxygen atoms in total. The molecule has 0 saturated carbocycles. The van der Waals surface area contributed by atoms with E-state index in [2.05, 4.69) is 9.69 Å². The molecule has 3 rings (SSSR count). The van der Waals surface area contributed by atoms with Crippen LogP contribution in [0, 0.1) is 58.2 Å². The summed E-state index contributed by atoms with van der Waals surface area (Å²) in [6, 6.07) is -1.40. The molecule has 0 aliphatic rings. The number of hydrogen-bond donors (Lipinski definition) is 2. The van der Waals surface area contributed by atoms with Crippen LogP contribution in [0.25, 0.3) is 0 Å². The van der Waals surface area contributed by atoms with Crippen LogP contribution in [0.4, 0.5) is 70.2 Å². The Morgan fingerprint density at radius 2 is 0.795 bits per heavy atom. The Hall–Kier alpha value is -3.56. The van der Waals surface area contributed by atoms with E-state index in [1.54, 1.807) is 0 Å². The number of benzene rings is 3. The van der Waals surface area contributed by atoms with Gasteiger partial charge < -0.3 is 10.0 Å². The van der Waals surface area contributed by atoms with Gasteiger partial charge in [0.05, 0.1) is 17.0 Å². The largest absolute Gasteiger partial charge is 0.662 e. The van der Waals surface area contributed by atoms with E-state index in [9.17, 15) is 52.7 Å². The molecule has 0 saturated heterocycles. The van der Waals surface area contributed by atoms with Crippen molar-refractivity contribution in [1.29, 1.82) is 0 Å². The molecule has 0 spiro atoms. The van der Waals surface area contributed by atoms with E-state index in [1.165, 1.54) is 0 Å². The van der Waals surface area contributed by atoms with Gasteiger partial charge in [-0.05, 0) is 30.7 Å². The lowest BCUT2D eigenvalue weighted by Crippen LogP contribution is -2.40. The maximum Gasteiger partial charge on any atom is 0.662 e. The molecule has 0 aromatic heterocycles. The molecule has 0 amide bonds. The molecular weight excluding hydrogens is 655 g/mol. The Morgan fingerprint density at radius 3 is 1.07 bits per heavy atom. The van der Waals surface area contributed by atoms with Gasteiger partial charge in [0.2, 0.25) is 11.6 Å². The summed E-state index contributed by atoms with van der Waals surface area (Å²) >= 11 is 0. The maximum atomic E-state index is 15.1. The van der Waals surface area contributed by atoms with Gasteiger partial charge >= 0.3 is 19.7 Å². The molecule has 0 bridgehead atoms. The topological polar surface area (TPSA) is 58.9 Å². The first-order valence-electron chi connectivity index (χ1n) is 11.0. The first-order valence-corrected chi connectivity index (χ1v) is 11.0. The molecule has 21 heteroatoms. The average molecular weight is 664 g/mol. The molecule has 0 aliphatic carbocycles. The van der Waals surface area contributed by atoms with Crippen LogP contribution in [-0.4, -0.2) is 17.4 Å². The van der Waals surface area contributed by atoms with Gasteiger partial charge in [0.25, 0.3) is 0 Å². The predicted molar refractivity (Wildman–Crippen MR) is 110 cm³/mol. The Bertz CT molecular complexity index is 1450. The smallest absolute Gasteiger partial charge is 0.400 e. The number of halogens is 16. The minimum absolute atomic E-state index is 0.0220. The monoisotopic (exact) mass is 664 g/mol. The highest BCUT2D eigenvalue weighted by Crippen LogP contribution is 2.51. The van der Waals surface area contributed by atoms with Crippen molar-refractivity contribution in [2.75, 3.05) is 0 Å². The molecule has 1 unspecified atom stereocenters. The van der Waals surface area contributed by atoms with Crippen LogP contribution in [0.1, 0.15) is 40.7 Å². The van der Waals surface area contributed by atoms with Crippen LogP contribution < -0.4 is 0 Å². The third-order valence-corrected chi connectivity index (χ3v) is 6.08. The Morgan fingerprint density at radius 1 is 0.523 bits per heavy atom. The fourth-order valence-corrected chi connectivity index (χ4v) is 4.09. The Kier molecular flexibility index (Phi) is 9.33. The van der Waals surface area contributed by atoms with Gasteiger partial charge in [0, 0.05) is 11.1 Å². The van der Waals surface area contributed by atoms with Gasteiger partial charge in [-0.1, -0.05) is 0 Å². The SMILES string of the molecule is CC(OOB(O)O)(c1cc(C(F)(F)F)cc(C(F)(F)F)c1)C(c1c(F)c(F)c(F)c(F)c1F)c1c(F)c(F)c(F)c(F)c1F. The molecular formula is C23H9BF16O4. The zero-order valence-corrected chi connectivity index (χ0v) is 20.6. The van der Waals surface area contributed by atoms with Crippen molar-refractivity contribution in [3.63, 3.8) is 0 Å². The molecule has 0 aliphatic heterocycles. The van der Waals surface area contributed by atoms with E-state index in [4.69, 9.17) is 10.0 Å². The summed E-state index contributed by atoms with van der Waals surface area (Å²) in [6.45, 7) is -0.0220. The number of alkyl halides is 6. The lowest BCUT2D eigenvalue weighted by atomic mass is 9.73. The highest BCUT2D eigenvalue weighted by molar-refractivity contribution is 6.32. The fraction of sp³-hybridized carbons (Fsp3) is 0.217. The summed E-state index contributed by atoms with van der Waals surface area (Å²) in [5.41, 5.74) is -15.8. The molecule has 2 N–H and O–H groups in total. The standard InChI is InChI=1S/C23H9BF16O4/c1-21(43-44-24(41)42,5-2-6(22(35,36)37)4-7(3-5)23(38,39)40)10(8-11(25)15(29)19(33)16(30)12(8)26)9-13(27)17(31)20(34)18(32)14(9)28/h2-4,10,41-42H,1H3. The highest BCUT2D eigenvalue weighted by Gasteiger charge is 2.51. The summed E-state index contributed by atoms with van der Waals surface area (Å²) in [6.07, 6.45) is -11.5. The minimum Gasteiger partial charge on any atom is -0.400 e. The first-order chi connectivity index (χ1) is 20.0. The zero-order chi connectivity index (χ0) is 33.9. The number of hydrogen-bond acceptors (Lipinski definition) is 4. The quantitative estimate of drug-likeness (QED) is 0.0709. The average Bonchev–Trinajstić information content (AvgIpc) is 2.93. The van der Waals surface area contributed by atoms with Gasteiger partial charge in [-0.3, -0.25) is 0 Å². The van der Waals surface area contributed by atoms with Crippen molar-refractivity contribution in [3.8, 4) is 0 Å². The summed E-state index contributed by atoms with van der Waals surface area (Å²) in [5, 5.41) is 18.1. The molecule has 0 fully saturated rings. The minimum atomic E-state index is -5.76. The van der Waals surface area contributed by atoms with Crippen LogP contribution in [0.15, 0.2) is 18.2 Å². The molecule has 0 heterocycles. The maximum absolute atomic E-state index is 15.1. The van der Waals surface area contributed by atoms with Crippen LogP contribution in [-0.2, 0) is 27.6 Å². The van der Waals surface area contributed by atoms with E-state index in [0.717, 1.165) is 0 Å².